The number of fused-ring (bicyclic) bond motifs is 2. The lowest BCUT2D eigenvalue weighted by molar-refractivity contribution is -0.000758. The molecule has 6 heteroatoms. The van der Waals surface area contributed by atoms with Gasteiger partial charge in [-0.05, 0) is 44.7 Å². The third-order valence-corrected chi connectivity index (χ3v) is 6.73. The predicted molar refractivity (Wildman–Crippen MR) is 102 cm³/mol. The zero-order valence-electron chi connectivity index (χ0n) is 14.7. The molecule has 26 heavy (non-hydrogen) atoms. The topological polar surface area (TPSA) is 47.3 Å². The van der Waals surface area contributed by atoms with Crippen molar-refractivity contribution in [1.29, 1.82) is 0 Å². The Morgan fingerprint density at radius 2 is 2.00 bits per heavy atom. The van der Waals surface area contributed by atoms with Gasteiger partial charge in [0, 0.05) is 35.0 Å². The van der Waals surface area contributed by atoms with Crippen molar-refractivity contribution >= 4 is 23.2 Å². The number of benzene rings is 1. The van der Waals surface area contributed by atoms with Crippen molar-refractivity contribution in [3.63, 3.8) is 0 Å². The molecule has 138 valence electrons. The second-order valence-corrected chi connectivity index (χ2v) is 8.70. The van der Waals surface area contributed by atoms with E-state index in [1.807, 2.05) is 18.2 Å². The number of hydrogen-bond acceptors (Lipinski definition) is 4. The van der Waals surface area contributed by atoms with E-state index < -0.39 is 0 Å². The van der Waals surface area contributed by atoms with Crippen molar-refractivity contribution in [3.05, 3.63) is 39.6 Å². The molecule has 1 aliphatic heterocycles. The van der Waals surface area contributed by atoms with Crippen LogP contribution in [0.5, 0.6) is 0 Å². The first kappa shape index (κ1) is 17.1. The average Bonchev–Trinajstić information content (AvgIpc) is 3.09. The van der Waals surface area contributed by atoms with Gasteiger partial charge in [0.05, 0.1) is 22.8 Å². The predicted octanol–water partition coefficient (Wildman–Crippen LogP) is 5.18. The van der Waals surface area contributed by atoms with E-state index in [1.54, 1.807) is 0 Å². The van der Waals surface area contributed by atoms with E-state index in [1.165, 1.54) is 6.42 Å². The number of piperidine rings is 1. The van der Waals surface area contributed by atoms with Gasteiger partial charge in [-0.15, -0.1) is 0 Å². The van der Waals surface area contributed by atoms with E-state index >= 15 is 0 Å². The van der Waals surface area contributed by atoms with Gasteiger partial charge in [0.25, 0.3) is 0 Å². The van der Waals surface area contributed by atoms with Crippen LogP contribution in [-0.2, 0) is 11.3 Å². The van der Waals surface area contributed by atoms with Crippen LogP contribution in [0.15, 0.2) is 22.7 Å². The maximum atomic E-state index is 6.42. The van der Waals surface area contributed by atoms with Crippen molar-refractivity contribution in [2.75, 3.05) is 0 Å². The lowest BCUT2D eigenvalue weighted by atomic mass is 9.98. The number of nitrogens with zero attached hydrogens (tertiary/aromatic N) is 1. The highest BCUT2D eigenvalue weighted by Gasteiger charge is 2.45. The zero-order chi connectivity index (χ0) is 17.8. The molecule has 1 aromatic heterocycles. The summed E-state index contributed by atoms with van der Waals surface area (Å²) >= 11 is 12.8. The Balaban J connectivity index is 1.45. The molecule has 1 N–H and O–H groups in total. The Morgan fingerprint density at radius 1 is 1.23 bits per heavy atom. The van der Waals surface area contributed by atoms with E-state index in [0.717, 1.165) is 41.8 Å². The Kier molecular flexibility index (Phi) is 4.28. The smallest absolute Gasteiger partial charge is 0.145 e. The number of aromatic nitrogens is 1. The van der Waals surface area contributed by atoms with Crippen LogP contribution in [0.1, 0.15) is 49.8 Å². The number of hydrogen-bond donors (Lipinski definition) is 1. The van der Waals surface area contributed by atoms with Crippen LogP contribution in [0.2, 0.25) is 10.0 Å². The molecule has 2 aliphatic carbocycles. The summed E-state index contributed by atoms with van der Waals surface area (Å²) in [7, 11) is 0. The van der Waals surface area contributed by atoms with E-state index in [9.17, 15) is 0 Å². The van der Waals surface area contributed by atoms with Crippen LogP contribution in [0.4, 0.5) is 0 Å². The normalized spacial score (nSPS) is 30.3. The Labute approximate surface area is 163 Å². The van der Waals surface area contributed by atoms with E-state index in [-0.39, 0.29) is 0 Å². The fraction of sp³-hybridized carbons (Fsp3) is 0.550. The minimum absolute atomic E-state index is 0.299. The summed E-state index contributed by atoms with van der Waals surface area (Å²) < 4.78 is 12.1. The maximum Gasteiger partial charge on any atom is 0.145 e. The maximum absolute atomic E-state index is 6.42. The van der Waals surface area contributed by atoms with Crippen molar-refractivity contribution in [2.24, 2.45) is 5.92 Å². The Morgan fingerprint density at radius 3 is 2.65 bits per heavy atom. The van der Waals surface area contributed by atoms with Gasteiger partial charge in [-0.25, -0.2) is 0 Å². The lowest BCUT2D eigenvalue weighted by Gasteiger charge is -2.28. The molecule has 2 aromatic rings. The van der Waals surface area contributed by atoms with Crippen LogP contribution in [0.25, 0.3) is 11.3 Å². The van der Waals surface area contributed by atoms with E-state index in [4.69, 9.17) is 32.5 Å². The van der Waals surface area contributed by atoms with Gasteiger partial charge in [-0.1, -0.05) is 34.4 Å². The molecule has 2 saturated carbocycles. The molecule has 4 nitrogen and oxygen atoms in total. The van der Waals surface area contributed by atoms with Crippen molar-refractivity contribution < 1.29 is 9.26 Å². The second-order valence-electron chi connectivity index (χ2n) is 7.88. The van der Waals surface area contributed by atoms with Gasteiger partial charge in [0.15, 0.2) is 0 Å². The Bertz CT molecular complexity index is 813. The minimum atomic E-state index is 0.299. The van der Waals surface area contributed by atoms with Crippen LogP contribution >= 0.6 is 23.2 Å². The van der Waals surface area contributed by atoms with Gasteiger partial charge in [0.1, 0.15) is 11.5 Å². The summed E-state index contributed by atoms with van der Waals surface area (Å²) in [4.78, 5) is 0. The summed E-state index contributed by atoms with van der Waals surface area (Å²) in [6.07, 6.45) is 4.89. The second kappa shape index (κ2) is 6.52. The summed E-state index contributed by atoms with van der Waals surface area (Å²) in [6, 6.07) is 6.64. The van der Waals surface area contributed by atoms with Gasteiger partial charge >= 0.3 is 0 Å². The number of rotatable bonds is 5. The summed E-state index contributed by atoms with van der Waals surface area (Å²) in [5, 5.41) is 9.14. The Hall–Kier alpha value is -1.07. The van der Waals surface area contributed by atoms with Gasteiger partial charge in [-0.2, -0.15) is 0 Å². The molecular formula is C20H22Cl2N2O2. The number of nitrogens with one attached hydrogen (secondary N) is 1. The number of halogens is 2. The first-order valence-electron chi connectivity index (χ1n) is 9.42. The van der Waals surface area contributed by atoms with E-state index in [2.05, 4.69) is 17.4 Å². The SMILES string of the molecule is C[C@H]1N[C@H]2C[C@@H]1[C@H](OCc1c(-c3c(Cl)cccc3Cl)noc1C1CC1)C2. The molecule has 3 aliphatic rings. The highest BCUT2D eigenvalue weighted by molar-refractivity contribution is 6.39. The molecule has 0 unspecified atom stereocenters. The van der Waals surface area contributed by atoms with E-state index in [0.29, 0.717) is 46.7 Å². The first-order valence-corrected chi connectivity index (χ1v) is 10.2. The average molecular weight is 393 g/mol. The monoisotopic (exact) mass is 392 g/mol. The molecule has 3 fully saturated rings. The molecule has 1 saturated heterocycles. The molecule has 2 heterocycles. The van der Waals surface area contributed by atoms with Crippen molar-refractivity contribution in [3.8, 4) is 11.3 Å². The van der Waals surface area contributed by atoms with Crippen LogP contribution in [0, 0.1) is 5.92 Å². The largest absolute Gasteiger partial charge is 0.373 e. The summed E-state index contributed by atoms with van der Waals surface area (Å²) in [5.74, 6) is 2.00. The zero-order valence-corrected chi connectivity index (χ0v) is 16.2. The number of ether oxygens (including phenoxy) is 1. The molecule has 2 bridgehead atoms. The molecular weight excluding hydrogens is 371 g/mol. The van der Waals surface area contributed by atoms with Crippen molar-refractivity contribution in [1.82, 2.24) is 10.5 Å². The highest BCUT2D eigenvalue weighted by Crippen LogP contribution is 2.46. The van der Waals surface area contributed by atoms with Crippen LogP contribution < -0.4 is 5.32 Å². The van der Waals surface area contributed by atoms with Crippen LogP contribution in [0.3, 0.4) is 0 Å². The van der Waals surface area contributed by atoms with Gasteiger partial charge in [0.2, 0.25) is 0 Å². The molecule has 0 amide bonds. The van der Waals surface area contributed by atoms with Gasteiger partial charge < -0.3 is 14.6 Å². The van der Waals surface area contributed by atoms with Crippen molar-refractivity contribution in [2.45, 2.75) is 63.3 Å². The third-order valence-electron chi connectivity index (χ3n) is 6.10. The summed E-state index contributed by atoms with van der Waals surface area (Å²) in [6.45, 7) is 2.76. The summed E-state index contributed by atoms with van der Waals surface area (Å²) in [5.41, 5.74) is 2.50. The first-order chi connectivity index (χ1) is 12.6. The molecule has 5 rings (SSSR count). The third kappa shape index (κ3) is 2.88. The minimum Gasteiger partial charge on any atom is -0.373 e. The fourth-order valence-electron chi connectivity index (χ4n) is 4.62. The molecule has 0 radical (unpaired) electrons. The fourth-order valence-corrected chi connectivity index (χ4v) is 5.20. The quantitative estimate of drug-likeness (QED) is 0.760. The molecule has 4 atom stereocenters. The van der Waals surface area contributed by atoms with Gasteiger partial charge in [-0.3, -0.25) is 0 Å². The molecule has 0 spiro atoms. The van der Waals surface area contributed by atoms with Crippen LogP contribution in [-0.4, -0.2) is 23.3 Å². The lowest BCUT2D eigenvalue weighted by Crippen LogP contribution is -2.40. The standard InChI is InChI=1S/C20H22Cl2N2O2/c1-10-13-7-12(23-10)8-17(13)25-9-14-19(24-26-20(14)11-5-6-11)18-15(21)3-2-4-16(18)22/h2-4,10-13,17,23H,5-9H2,1H3/t10-,12+,13+,17-/m1/s1. The molecule has 1 aromatic carbocycles. The highest BCUT2D eigenvalue weighted by atomic mass is 35.5.